The lowest BCUT2D eigenvalue weighted by molar-refractivity contribution is -0.144. The summed E-state index contributed by atoms with van der Waals surface area (Å²) in [6.45, 7) is 10.1. The predicted octanol–water partition coefficient (Wildman–Crippen LogP) is 9.19. The highest BCUT2D eigenvalue weighted by Crippen LogP contribution is 2.25. The number of esters is 2. The van der Waals surface area contributed by atoms with Crippen LogP contribution in [0, 0.1) is 11.8 Å². The van der Waals surface area contributed by atoms with E-state index in [-0.39, 0.29) is 11.9 Å². The van der Waals surface area contributed by atoms with Crippen LogP contribution < -0.4 is 0 Å². The van der Waals surface area contributed by atoms with Gasteiger partial charge in [-0.25, -0.2) is 0 Å². The van der Waals surface area contributed by atoms with Gasteiger partial charge < -0.3 is 9.47 Å². The summed E-state index contributed by atoms with van der Waals surface area (Å²) in [4.78, 5) is 23.2. The van der Waals surface area contributed by atoms with E-state index < -0.39 is 0 Å². The van der Waals surface area contributed by atoms with Crippen molar-refractivity contribution in [2.24, 2.45) is 11.8 Å². The van der Waals surface area contributed by atoms with Crippen molar-refractivity contribution in [2.45, 2.75) is 156 Å². The molecule has 0 aromatic heterocycles. The smallest absolute Gasteiger partial charge is 0.305 e. The van der Waals surface area contributed by atoms with Gasteiger partial charge in [-0.05, 0) is 37.5 Å². The normalized spacial score (nSPS) is 12.1. The minimum Gasteiger partial charge on any atom is -0.466 e. The van der Waals surface area contributed by atoms with Gasteiger partial charge in [0.15, 0.2) is 0 Å². The third kappa shape index (κ3) is 22.7. The molecule has 0 aliphatic rings. The number of carbonyl (C=O) groups is 2. The number of hydrogen-bond donors (Lipinski definition) is 0. The first kappa shape index (κ1) is 32.9. The number of unbranched alkanes of at least 4 members (excludes halogenated alkanes) is 12. The number of carbonyl (C=O) groups excluding carboxylic acids is 2. The Balaban J connectivity index is 3.56. The molecular weight excluding hydrogens is 424 g/mol. The molecule has 0 bridgehead atoms. The van der Waals surface area contributed by atoms with E-state index in [0.717, 1.165) is 63.2 Å². The van der Waals surface area contributed by atoms with E-state index >= 15 is 0 Å². The Kier molecular flexibility index (Phi) is 24.3. The van der Waals surface area contributed by atoms with Gasteiger partial charge in [-0.15, -0.1) is 0 Å². The summed E-state index contributed by atoms with van der Waals surface area (Å²) in [6.07, 6.45) is 22.7. The summed E-state index contributed by atoms with van der Waals surface area (Å²) in [6, 6.07) is 0. The molecule has 4 nitrogen and oxygen atoms in total. The minimum atomic E-state index is -0.0179. The van der Waals surface area contributed by atoms with Crippen LogP contribution in [0.1, 0.15) is 156 Å². The molecule has 0 saturated heterocycles. The summed E-state index contributed by atoms with van der Waals surface area (Å²) in [7, 11) is 0. The van der Waals surface area contributed by atoms with E-state index in [9.17, 15) is 9.59 Å². The van der Waals surface area contributed by atoms with E-state index in [1.54, 1.807) is 0 Å². The second-order valence-corrected chi connectivity index (χ2v) is 10.5. The molecule has 0 aromatic carbocycles. The van der Waals surface area contributed by atoms with Crippen molar-refractivity contribution in [1.29, 1.82) is 0 Å². The Morgan fingerprint density at radius 2 is 0.882 bits per heavy atom. The molecule has 4 heteroatoms. The van der Waals surface area contributed by atoms with Crippen LogP contribution in [0.2, 0.25) is 0 Å². The second-order valence-electron chi connectivity index (χ2n) is 10.5. The van der Waals surface area contributed by atoms with Gasteiger partial charge >= 0.3 is 11.9 Å². The molecule has 0 heterocycles. The van der Waals surface area contributed by atoms with Crippen LogP contribution in [0.4, 0.5) is 0 Å². The van der Waals surface area contributed by atoms with Gasteiger partial charge in [-0.3, -0.25) is 9.59 Å². The summed E-state index contributed by atoms with van der Waals surface area (Å²) < 4.78 is 10.4. The van der Waals surface area contributed by atoms with Gasteiger partial charge in [0.05, 0.1) is 13.2 Å². The molecular formula is C30H58O4. The highest BCUT2D eigenvalue weighted by Gasteiger charge is 2.12. The molecule has 1 atom stereocenters. The first-order chi connectivity index (χ1) is 16.5. The maximum Gasteiger partial charge on any atom is 0.305 e. The molecule has 0 fully saturated rings. The van der Waals surface area contributed by atoms with Gasteiger partial charge in [0.2, 0.25) is 0 Å². The van der Waals surface area contributed by atoms with Crippen LogP contribution in [-0.4, -0.2) is 25.2 Å². The van der Waals surface area contributed by atoms with E-state index in [1.807, 2.05) is 0 Å². The lowest BCUT2D eigenvalue weighted by atomic mass is 9.85. The maximum absolute atomic E-state index is 11.6. The van der Waals surface area contributed by atoms with Gasteiger partial charge in [0.1, 0.15) is 0 Å². The maximum atomic E-state index is 11.6. The summed E-state index contributed by atoms with van der Waals surface area (Å²) in [5, 5.41) is 0. The fourth-order valence-electron chi connectivity index (χ4n) is 4.38. The molecule has 0 rings (SSSR count). The number of hydrogen-bond acceptors (Lipinski definition) is 4. The summed E-state index contributed by atoms with van der Waals surface area (Å²) in [5.41, 5.74) is 0. The zero-order valence-corrected chi connectivity index (χ0v) is 23.3. The molecule has 0 aromatic rings. The van der Waals surface area contributed by atoms with Gasteiger partial charge in [0.25, 0.3) is 0 Å². The van der Waals surface area contributed by atoms with Crippen molar-refractivity contribution >= 4 is 11.9 Å². The average Bonchev–Trinajstić information content (AvgIpc) is 2.81. The van der Waals surface area contributed by atoms with Gasteiger partial charge in [-0.1, -0.05) is 118 Å². The highest BCUT2D eigenvalue weighted by atomic mass is 16.5. The Labute approximate surface area is 212 Å². The van der Waals surface area contributed by atoms with Crippen LogP contribution in [0.25, 0.3) is 0 Å². The summed E-state index contributed by atoms with van der Waals surface area (Å²) >= 11 is 0. The molecule has 0 aliphatic carbocycles. The van der Waals surface area contributed by atoms with Crippen LogP contribution in [0.3, 0.4) is 0 Å². The Morgan fingerprint density at radius 3 is 1.24 bits per heavy atom. The molecule has 34 heavy (non-hydrogen) atoms. The molecule has 202 valence electrons. The van der Waals surface area contributed by atoms with Gasteiger partial charge in [-0.2, -0.15) is 0 Å². The minimum absolute atomic E-state index is 0.0178. The monoisotopic (exact) mass is 482 g/mol. The van der Waals surface area contributed by atoms with E-state index in [0.29, 0.717) is 26.1 Å². The Bertz CT molecular complexity index is 461. The van der Waals surface area contributed by atoms with Crippen molar-refractivity contribution < 1.29 is 19.1 Å². The van der Waals surface area contributed by atoms with Crippen LogP contribution in [0.15, 0.2) is 0 Å². The zero-order valence-electron chi connectivity index (χ0n) is 23.3. The SMILES string of the molecule is CCCCOC(=O)CCCCCCCCCC(CCCCCCCC(=O)OCCCC)C(C)C. The van der Waals surface area contributed by atoms with Crippen LogP contribution >= 0.6 is 0 Å². The van der Waals surface area contributed by atoms with Crippen LogP contribution in [-0.2, 0) is 19.1 Å². The van der Waals surface area contributed by atoms with Crippen molar-refractivity contribution in [3.63, 3.8) is 0 Å². The molecule has 0 N–H and O–H groups in total. The summed E-state index contributed by atoms with van der Waals surface area (Å²) in [5.74, 6) is 1.59. The predicted molar refractivity (Wildman–Crippen MR) is 144 cm³/mol. The molecule has 0 radical (unpaired) electrons. The number of ether oxygens (including phenoxy) is 2. The molecule has 0 aliphatic heterocycles. The topological polar surface area (TPSA) is 52.6 Å². The van der Waals surface area contributed by atoms with E-state index in [2.05, 4.69) is 27.7 Å². The first-order valence-electron chi connectivity index (χ1n) is 14.8. The molecule has 1 unspecified atom stereocenters. The third-order valence-electron chi connectivity index (χ3n) is 6.88. The highest BCUT2D eigenvalue weighted by molar-refractivity contribution is 5.69. The van der Waals surface area contributed by atoms with E-state index in [4.69, 9.17) is 9.47 Å². The molecule has 0 spiro atoms. The average molecular weight is 483 g/mol. The van der Waals surface area contributed by atoms with Crippen molar-refractivity contribution in [1.82, 2.24) is 0 Å². The zero-order chi connectivity index (χ0) is 25.3. The fraction of sp³-hybridized carbons (Fsp3) is 0.933. The fourth-order valence-corrected chi connectivity index (χ4v) is 4.38. The quantitative estimate of drug-likeness (QED) is 0.0961. The van der Waals surface area contributed by atoms with Crippen molar-refractivity contribution in [3.8, 4) is 0 Å². The molecule has 0 saturated carbocycles. The van der Waals surface area contributed by atoms with Crippen LogP contribution in [0.5, 0.6) is 0 Å². The number of rotatable bonds is 25. The lowest BCUT2D eigenvalue weighted by Gasteiger charge is -2.20. The third-order valence-corrected chi connectivity index (χ3v) is 6.88. The standard InChI is InChI=1S/C30H58O4/c1-5-7-25-33-29(31)23-19-15-11-9-10-13-17-21-28(27(3)4)22-18-14-12-16-20-24-30(32)34-26-8-6-2/h27-28H,5-26H2,1-4H3. The Morgan fingerprint density at radius 1 is 0.529 bits per heavy atom. The molecule has 0 amide bonds. The van der Waals surface area contributed by atoms with E-state index in [1.165, 1.54) is 64.2 Å². The lowest BCUT2D eigenvalue weighted by Crippen LogP contribution is -2.09. The largest absolute Gasteiger partial charge is 0.466 e. The second kappa shape index (κ2) is 25.0. The van der Waals surface area contributed by atoms with Crippen molar-refractivity contribution in [3.05, 3.63) is 0 Å². The first-order valence-corrected chi connectivity index (χ1v) is 14.8. The van der Waals surface area contributed by atoms with Crippen molar-refractivity contribution in [2.75, 3.05) is 13.2 Å². The Hall–Kier alpha value is -1.06. The van der Waals surface area contributed by atoms with Gasteiger partial charge in [0, 0.05) is 12.8 Å².